The van der Waals surface area contributed by atoms with Gasteiger partial charge in [-0.1, -0.05) is 12.6 Å². The number of H-pyrrole nitrogens is 1. The molecule has 0 unspecified atom stereocenters. The van der Waals surface area contributed by atoms with Crippen LogP contribution in [0.2, 0.25) is 0 Å². The molecule has 0 bridgehead atoms. The highest BCUT2D eigenvalue weighted by atomic mass is 19.1. The predicted molar refractivity (Wildman–Crippen MR) is 122 cm³/mol. The van der Waals surface area contributed by atoms with Crippen LogP contribution in [0.15, 0.2) is 41.6 Å². The van der Waals surface area contributed by atoms with Crippen LogP contribution < -0.4 is 5.32 Å². The van der Waals surface area contributed by atoms with Gasteiger partial charge in [0.1, 0.15) is 29.5 Å². The predicted octanol–water partition coefficient (Wildman–Crippen LogP) is 5.84. The van der Waals surface area contributed by atoms with Crippen molar-refractivity contribution in [1.29, 1.82) is 0 Å². The zero-order chi connectivity index (χ0) is 21.7. The number of nitrogens with zero attached hydrogens (tertiary/aromatic N) is 2. The van der Waals surface area contributed by atoms with Gasteiger partial charge in [-0.15, -0.1) is 0 Å². The number of aryl methyl sites for hydroxylation is 3. The molecular weight excluding hydrogens is 391 g/mol. The number of aromatic amines is 1. The highest BCUT2D eigenvalue weighted by Gasteiger charge is 2.25. The first-order chi connectivity index (χ1) is 14.9. The van der Waals surface area contributed by atoms with Gasteiger partial charge >= 0.3 is 0 Å². The van der Waals surface area contributed by atoms with E-state index in [-0.39, 0.29) is 5.82 Å². The third kappa shape index (κ3) is 3.15. The van der Waals surface area contributed by atoms with E-state index in [0.717, 1.165) is 68.4 Å². The van der Waals surface area contributed by atoms with Gasteiger partial charge in [0.15, 0.2) is 0 Å². The van der Waals surface area contributed by atoms with Gasteiger partial charge in [-0.05, 0) is 68.2 Å². The van der Waals surface area contributed by atoms with E-state index in [2.05, 4.69) is 26.8 Å². The molecule has 0 saturated heterocycles. The van der Waals surface area contributed by atoms with Gasteiger partial charge < -0.3 is 14.7 Å². The average Bonchev–Trinajstić information content (AvgIpc) is 3.42. The number of anilines is 1. The number of hydrogen-bond donors (Lipinski definition) is 2. The SMILES string of the molecule is C=C1C(c2ccc(C)o2)=Cc2ncnc(NCCc3c(C)[nH]c4c(F)ccc(C)c34)c21. The number of aromatic nitrogens is 3. The van der Waals surface area contributed by atoms with Gasteiger partial charge in [0.25, 0.3) is 0 Å². The van der Waals surface area contributed by atoms with Gasteiger partial charge in [0, 0.05) is 23.2 Å². The molecule has 0 spiro atoms. The Hall–Kier alpha value is -3.67. The van der Waals surface area contributed by atoms with Gasteiger partial charge in [-0.2, -0.15) is 0 Å². The van der Waals surface area contributed by atoms with Crippen molar-refractivity contribution >= 4 is 33.9 Å². The minimum absolute atomic E-state index is 0.223. The van der Waals surface area contributed by atoms with Crippen LogP contribution in [0.4, 0.5) is 10.2 Å². The van der Waals surface area contributed by atoms with Crippen LogP contribution in [-0.2, 0) is 6.42 Å². The van der Waals surface area contributed by atoms with Crippen molar-refractivity contribution in [3.63, 3.8) is 0 Å². The van der Waals surface area contributed by atoms with Gasteiger partial charge in [-0.3, -0.25) is 0 Å². The number of halogens is 1. The van der Waals surface area contributed by atoms with E-state index < -0.39 is 0 Å². The minimum atomic E-state index is -0.223. The molecule has 0 fully saturated rings. The number of rotatable bonds is 5. The number of benzene rings is 1. The maximum Gasteiger partial charge on any atom is 0.147 e. The van der Waals surface area contributed by atoms with Gasteiger partial charge in [-0.25, -0.2) is 14.4 Å². The first-order valence-corrected chi connectivity index (χ1v) is 10.3. The number of nitrogens with one attached hydrogen (secondary N) is 2. The van der Waals surface area contributed by atoms with E-state index in [1.807, 2.05) is 45.0 Å². The summed E-state index contributed by atoms with van der Waals surface area (Å²) in [5.41, 5.74) is 7.23. The first kappa shape index (κ1) is 19.3. The number of allylic oxidation sites excluding steroid dienone is 2. The Morgan fingerprint density at radius 1 is 1.13 bits per heavy atom. The van der Waals surface area contributed by atoms with Crippen LogP contribution in [0.25, 0.3) is 28.1 Å². The fourth-order valence-corrected chi connectivity index (χ4v) is 4.36. The summed E-state index contributed by atoms with van der Waals surface area (Å²) in [5.74, 6) is 2.15. The van der Waals surface area contributed by atoms with Crippen LogP contribution >= 0.6 is 0 Å². The fraction of sp³-hybridized carbons (Fsp3) is 0.200. The number of furan rings is 1. The third-order valence-corrected chi connectivity index (χ3v) is 5.89. The normalized spacial score (nSPS) is 13.0. The molecule has 1 aromatic carbocycles. The van der Waals surface area contributed by atoms with E-state index in [1.54, 1.807) is 6.33 Å². The summed E-state index contributed by atoms with van der Waals surface area (Å²) >= 11 is 0. The Morgan fingerprint density at radius 2 is 1.97 bits per heavy atom. The largest absolute Gasteiger partial charge is 0.461 e. The maximum atomic E-state index is 14.2. The van der Waals surface area contributed by atoms with E-state index >= 15 is 0 Å². The second-order valence-corrected chi connectivity index (χ2v) is 7.95. The molecule has 4 aromatic rings. The molecule has 0 saturated carbocycles. The molecule has 156 valence electrons. The minimum Gasteiger partial charge on any atom is -0.461 e. The lowest BCUT2D eigenvalue weighted by molar-refractivity contribution is 0.523. The molecule has 3 aromatic heterocycles. The quantitative estimate of drug-likeness (QED) is 0.431. The fourth-order valence-electron chi connectivity index (χ4n) is 4.36. The molecule has 6 heteroatoms. The van der Waals surface area contributed by atoms with Crippen molar-refractivity contribution in [1.82, 2.24) is 15.0 Å². The molecule has 1 aliphatic carbocycles. The highest BCUT2D eigenvalue weighted by molar-refractivity contribution is 6.16. The van der Waals surface area contributed by atoms with Crippen LogP contribution in [0.1, 0.15) is 39.6 Å². The summed E-state index contributed by atoms with van der Waals surface area (Å²) in [5, 5.41) is 4.40. The molecule has 31 heavy (non-hydrogen) atoms. The lowest BCUT2D eigenvalue weighted by Gasteiger charge is -2.12. The lowest BCUT2D eigenvalue weighted by atomic mass is 10.0. The molecule has 0 radical (unpaired) electrons. The van der Waals surface area contributed by atoms with E-state index in [9.17, 15) is 4.39 Å². The van der Waals surface area contributed by atoms with Crippen molar-refractivity contribution in [2.24, 2.45) is 0 Å². The number of fused-ring (bicyclic) bond motifs is 2. The molecule has 5 rings (SSSR count). The molecule has 0 amide bonds. The summed E-state index contributed by atoms with van der Waals surface area (Å²) in [6.45, 7) is 10.8. The monoisotopic (exact) mass is 414 g/mol. The van der Waals surface area contributed by atoms with Crippen LogP contribution in [0.3, 0.4) is 0 Å². The Balaban J connectivity index is 1.39. The van der Waals surface area contributed by atoms with Gasteiger partial charge in [0.05, 0.1) is 16.8 Å². The summed E-state index contributed by atoms with van der Waals surface area (Å²) < 4.78 is 20.0. The Morgan fingerprint density at radius 3 is 2.74 bits per heavy atom. The van der Waals surface area contributed by atoms with E-state index in [1.165, 1.54) is 6.07 Å². The molecule has 0 atom stereocenters. The van der Waals surface area contributed by atoms with Crippen molar-refractivity contribution < 1.29 is 8.81 Å². The summed E-state index contributed by atoms with van der Waals surface area (Å²) in [4.78, 5) is 12.1. The second-order valence-electron chi connectivity index (χ2n) is 7.95. The molecule has 5 nitrogen and oxygen atoms in total. The van der Waals surface area contributed by atoms with Gasteiger partial charge in [0.2, 0.25) is 0 Å². The van der Waals surface area contributed by atoms with Crippen molar-refractivity contribution in [3.05, 3.63) is 82.6 Å². The molecular formula is C25H23FN4O. The smallest absolute Gasteiger partial charge is 0.147 e. The second kappa shape index (κ2) is 7.23. The zero-order valence-corrected chi connectivity index (χ0v) is 17.8. The molecule has 3 heterocycles. The molecule has 1 aliphatic rings. The molecule has 0 aliphatic heterocycles. The standard InChI is InChI=1S/C25H23FN4O/c1-13-5-7-19(26)24-22(13)17(16(4)30-24)9-10-27-25-23-15(3)18(11-20(23)28-12-29-25)21-8-6-14(2)31-21/h5-8,11-12,30H,3,9-10H2,1-2,4H3,(H,27,28,29). The van der Waals surface area contributed by atoms with Crippen molar-refractivity contribution in [2.45, 2.75) is 27.2 Å². The lowest BCUT2D eigenvalue weighted by Crippen LogP contribution is -2.09. The highest BCUT2D eigenvalue weighted by Crippen LogP contribution is 2.42. The average molecular weight is 414 g/mol. The zero-order valence-electron chi connectivity index (χ0n) is 17.8. The summed E-state index contributed by atoms with van der Waals surface area (Å²) in [6.07, 6.45) is 4.27. The van der Waals surface area contributed by atoms with E-state index in [0.29, 0.717) is 12.1 Å². The van der Waals surface area contributed by atoms with E-state index in [4.69, 9.17) is 4.42 Å². The first-order valence-electron chi connectivity index (χ1n) is 10.3. The topological polar surface area (TPSA) is 66.7 Å². The maximum absolute atomic E-state index is 14.2. The van der Waals surface area contributed by atoms with Crippen LogP contribution in [0.5, 0.6) is 0 Å². The summed E-state index contributed by atoms with van der Waals surface area (Å²) in [6, 6.07) is 7.22. The summed E-state index contributed by atoms with van der Waals surface area (Å²) in [7, 11) is 0. The number of hydrogen-bond acceptors (Lipinski definition) is 4. The van der Waals surface area contributed by atoms with Crippen LogP contribution in [0, 0.1) is 26.6 Å². The van der Waals surface area contributed by atoms with Crippen molar-refractivity contribution in [2.75, 3.05) is 11.9 Å². The Bertz CT molecular complexity index is 1380. The molecule has 2 N–H and O–H groups in total. The van der Waals surface area contributed by atoms with Crippen molar-refractivity contribution in [3.8, 4) is 0 Å². The Kier molecular flexibility index (Phi) is 4.50. The third-order valence-electron chi connectivity index (χ3n) is 5.89. The van der Waals surface area contributed by atoms with Crippen LogP contribution in [-0.4, -0.2) is 21.5 Å². The Labute approximate surface area is 179 Å².